The van der Waals surface area contributed by atoms with Crippen LogP contribution in [-0.2, 0) is 9.84 Å². The highest BCUT2D eigenvalue weighted by atomic mass is 32.2. The molecule has 2 aliphatic heterocycles. The number of hydrogen-bond acceptors (Lipinski definition) is 3. The highest BCUT2D eigenvalue weighted by molar-refractivity contribution is 7.91. The van der Waals surface area contributed by atoms with E-state index >= 15 is 0 Å². The third-order valence-electron chi connectivity index (χ3n) is 4.16. The van der Waals surface area contributed by atoms with Gasteiger partial charge in [-0.2, -0.15) is 0 Å². The molecule has 1 atom stereocenters. The van der Waals surface area contributed by atoms with Gasteiger partial charge < -0.3 is 5.32 Å². The summed E-state index contributed by atoms with van der Waals surface area (Å²) in [5.41, 5.74) is 0.235. The maximum absolute atomic E-state index is 11.4. The number of sulfone groups is 1. The fourth-order valence-corrected chi connectivity index (χ4v) is 4.74. The van der Waals surface area contributed by atoms with Gasteiger partial charge in [0.15, 0.2) is 0 Å². The molecule has 2 rings (SSSR count). The number of rotatable bonds is 1. The molecule has 3 nitrogen and oxygen atoms in total. The van der Waals surface area contributed by atoms with E-state index in [-0.39, 0.29) is 5.54 Å². The lowest BCUT2D eigenvalue weighted by atomic mass is 9.75. The average molecular weight is 245 g/mol. The van der Waals surface area contributed by atoms with Crippen LogP contribution in [0.3, 0.4) is 0 Å². The Hall–Kier alpha value is -0.0900. The van der Waals surface area contributed by atoms with Crippen molar-refractivity contribution < 1.29 is 8.42 Å². The van der Waals surface area contributed by atoms with Crippen LogP contribution in [0.4, 0.5) is 0 Å². The Bertz CT molecular complexity index is 334. The third kappa shape index (κ3) is 2.98. The predicted molar refractivity (Wildman–Crippen MR) is 66.2 cm³/mol. The van der Waals surface area contributed by atoms with E-state index in [2.05, 4.69) is 19.2 Å². The molecule has 0 bridgehead atoms. The van der Waals surface area contributed by atoms with E-state index in [0.29, 0.717) is 17.4 Å². The van der Waals surface area contributed by atoms with Crippen molar-refractivity contribution in [3.05, 3.63) is 0 Å². The summed E-state index contributed by atoms with van der Waals surface area (Å²) in [6, 6.07) is 0. The quantitative estimate of drug-likeness (QED) is 0.763. The van der Waals surface area contributed by atoms with E-state index in [1.807, 2.05) is 0 Å². The molecule has 0 aromatic rings. The summed E-state index contributed by atoms with van der Waals surface area (Å²) >= 11 is 0. The first-order valence-electron chi connectivity index (χ1n) is 6.33. The standard InChI is InChI=1S/C12H23NO2S/c1-12(2)9-11(3-6-13-12)10-4-7-16(14,15)8-5-10/h10-11,13H,3-9H2,1-2H3. The van der Waals surface area contributed by atoms with E-state index in [1.165, 1.54) is 12.8 Å². The maximum Gasteiger partial charge on any atom is 0.150 e. The fourth-order valence-electron chi connectivity index (χ4n) is 3.21. The lowest BCUT2D eigenvalue weighted by Gasteiger charge is -2.41. The monoisotopic (exact) mass is 245 g/mol. The van der Waals surface area contributed by atoms with Crippen LogP contribution < -0.4 is 5.32 Å². The van der Waals surface area contributed by atoms with Gasteiger partial charge in [-0.25, -0.2) is 8.42 Å². The second-order valence-electron chi connectivity index (χ2n) is 6.05. The summed E-state index contributed by atoms with van der Waals surface area (Å²) in [4.78, 5) is 0. The Morgan fingerprint density at radius 2 is 1.69 bits per heavy atom. The van der Waals surface area contributed by atoms with Crippen molar-refractivity contribution in [2.75, 3.05) is 18.1 Å². The summed E-state index contributed by atoms with van der Waals surface area (Å²) in [6.07, 6.45) is 4.19. The molecule has 0 spiro atoms. The van der Waals surface area contributed by atoms with Crippen molar-refractivity contribution in [3.63, 3.8) is 0 Å². The molecule has 94 valence electrons. The zero-order valence-corrected chi connectivity index (χ0v) is 11.1. The second-order valence-corrected chi connectivity index (χ2v) is 8.36. The Morgan fingerprint density at radius 1 is 1.06 bits per heavy atom. The van der Waals surface area contributed by atoms with Crippen LogP contribution in [0, 0.1) is 11.8 Å². The SMILES string of the molecule is CC1(C)CC(C2CCS(=O)(=O)CC2)CCN1. The lowest BCUT2D eigenvalue weighted by molar-refractivity contribution is 0.164. The van der Waals surface area contributed by atoms with Gasteiger partial charge in [0.2, 0.25) is 0 Å². The Balaban J connectivity index is 1.94. The van der Waals surface area contributed by atoms with Gasteiger partial charge in [0.1, 0.15) is 9.84 Å². The normalized spacial score (nSPS) is 34.8. The lowest BCUT2D eigenvalue weighted by Crippen LogP contribution is -2.48. The summed E-state index contributed by atoms with van der Waals surface area (Å²) in [5, 5.41) is 3.53. The van der Waals surface area contributed by atoms with Gasteiger partial charge in [0.25, 0.3) is 0 Å². The topological polar surface area (TPSA) is 46.2 Å². The molecule has 0 aromatic heterocycles. The molecular formula is C12H23NO2S. The Labute approximate surface area is 98.9 Å². The van der Waals surface area contributed by atoms with Crippen LogP contribution in [0.15, 0.2) is 0 Å². The predicted octanol–water partition coefficient (Wildman–Crippen LogP) is 1.59. The smallest absolute Gasteiger partial charge is 0.150 e. The Morgan fingerprint density at radius 3 is 2.25 bits per heavy atom. The molecule has 2 heterocycles. The number of nitrogens with one attached hydrogen (secondary N) is 1. The van der Waals surface area contributed by atoms with Gasteiger partial charge in [-0.15, -0.1) is 0 Å². The zero-order valence-electron chi connectivity index (χ0n) is 10.3. The average Bonchev–Trinajstić information content (AvgIpc) is 2.16. The van der Waals surface area contributed by atoms with E-state index < -0.39 is 9.84 Å². The van der Waals surface area contributed by atoms with Crippen LogP contribution >= 0.6 is 0 Å². The van der Waals surface area contributed by atoms with Crippen molar-refractivity contribution in [1.82, 2.24) is 5.32 Å². The number of hydrogen-bond donors (Lipinski definition) is 1. The van der Waals surface area contributed by atoms with E-state index in [1.54, 1.807) is 0 Å². The minimum absolute atomic E-state index is 0.235. The molecule has 0 amide bonds. The zero-order chi connectivity index (χ0) is 11.8. The van der Waals surface area contributed by atoms with Crippen molar-refractivity contribution in [3.8, 4) is 0 Å². The highest BCUT2D eigenvalue weighted by Crippen LogP contribution is 2.35. The van der Waals surface area contributed by atoms with Crippen molar-refractivity contribution >= 4 is 9.84 Å². The molecule has 1 unspecified atom stereocenters. The highest BCUT2D eigenvalue weighted by Gasteiger charge is 2.35. The van der Waals surface area contributed by atoms with Gasteiger partial charge in [-0.05, 0) is 57.9 Å². The molecular weight excluding hydrogens is 222 g/mol. The minimum atomic E-state index is -2.70. The molecule has 16 heavy (non-hydrogen) atoms. The van der Waals surface area contributed by atoms with Gasteiger partial charge in [-0.1, -0.05) is 0 Å². The maximum atomic E-state index is 11.4. The molecule has 0 aromatic carbocycles. The van der Waals surface area contributed by atoms with Gasteiger partial charge in [0.05, 0.1) is 11.5 Å². The van der Waals surface area contributed by atoms with Crippen LogP contribution in [-0.4, -0.2) is 32.0 Å². The first-order valence-corrected chi connectivity index (χ1v) is 8.16. The summed E-state index contributed by atoms with van der Waals surface area (Å²) in [5.74, 6) is 2.21. The van der Waals surface area contributed by atoms with Crippen LogP contribution in [0.1, 0.15) is 39.5 Å². The molecule has 1 N–H and O–H groups in total. The summed E-state index contributed by atoms with van der Waals surface area (Å²) < 4.78 is 22.8. The third-order valence-corrected chi connectivity index (χ3v) is 5.87. The van der Waals surface area contributed by atoms with Crippen LogP contribution in [0.5, 0.6) is 0 Å². The molecule has 4 heteroatoms. The summed E-state index contributed by atoms with van der Waals surface area (Å²) in [6.45, 7) is 5.58. The van der Waals surface area contributed by atoms with Gasteiger partial charge in [-0.3, -0.25) is 0 Å². The van der Waals surface area contributed by atoms with Crippen molar-refractivity contribution in [1.29, 1.82) is 0 Å². The molecule has 2 aliphatic rings. The van der Waals surface area contributed by atoms with Crippen molar-refractivity contribution in [2.24, 2.45) is 11.8 Å². The van der Waals surface area contributed by atoms with Gasteiger partial charge >= 0.3 is 0 Å². The largest absolute Gasteiger partial charge is 0.312 e. The van der Waals surface area contributed by atoms with E-state index in [0.717, 1.165) is 25.3 Å². The fraction of sp³-hybridized carbons (Fsp3) is 1.00. The van der Waals surface area contributed by atoms with E-state index in [9.17, 15) is 8.42 Å². The summed E-state index contributed by atoms with van der Waals surface area (Å²) in [7, 11) is -2.70. The molecule has 2 saturated heterocycles. The first kappa shape index (κ1) is 12.4. The molecule has 2 fully saturated rings. The Kier molecular flexibility index (Phi) is 3.32. The van der Waals surface area contributed by atoms with Crippen LogP contribution in [0.2, 0.25) is 0 Å². The first-order chi connectivity index (χ1) is 7.38. The molecule has 0 radical (unpaired) electrons. The van der Waals surface area contributed by atoms with Gasteiger partial charge in [0, 0.05) is 5.54 Å². The molecule has 0 aliphatic carbocycles. The van der Waals surface area contributed by atoms with Crippen LogP contribution in [0.25, 0.3) is 0 Å². The van der Waals surface area contributed by atoms with Crippen molar-refractivity contribution in [2.45, 2.75) is 45.1 Å². The second kappa shape index (κ2) is 4.30. The minimum Gasteiger partial charge on any atom is -0.312 e. The van der Waals surface area contributed by atoms with E-state index in [4.69, 9.17) is 0 Å². The molecule has 0 saturated carbocycles. The number of piperidine rings is 1.